The number of hydrogen-bond acceptors (Lipinski definition) is 5. The first-order chi connectivity index (χ1) is 4.67. The minimum atomic E-state index is -0.312. The number of nitrogens with one attached hydrogen (secondary N) is 2. The molecule has 1 aliphatic rings. The van der Waals surface area contributed by atoms with Crippen LogP contribution in [0.15, 0.2) is 5.10 Å². The maximum absolute atomic E-state index is 8.88. The monoisotopic (exact) mass is 144 g/mol. The lowest BCUT2D eigenvalue weighted by Crippen LogP contribution is -2.52. The van der Waals surface area contributed by atoms with E-state index in [1.807, 2.05) is 13.8 Å². The van der Waals surface area contributed by atoms with Gasteiger partial charge in [-0.1, -0.05) is 0 Å². The van der Waals surface area contributed by atoms with Crippen LogP contribution in [0.25, 0.3) is 0 Å². The van der Waals surface area contributed by atoms with Crippen LogP contribution in [0.3, 0.4) is 0 Å². The third-order valence-electron chi connectivity index (χ3n) is 1.45. The molecule has 1 rings (SSSR count). The fourth-order valence-electron chi connectivity index (χ4n) is 0.582. The smallest absolute Gasteiger partial charge is 0.129 e. The molecule has 0 saturated carbocycles. The van der Waals surface area contributed by atoms with Gasteiger partial charge in [-0.2, -0.15) is 5.10 Å². The Bertz CT molecular complexity index is 145. The predicted octanol–water partition coefficient (Wildman–Crippen LogP) is -0.975. The van der Waals surface area contributed by atoms with Gasteiger partial charge in [0.2, 0.25) is 0 Å². The van der Waals surface area contributed by atoms with Crippen molar-refractivity contribution in [1.82, 2.24) is 16.1 Å². The zero-order valence-corrected chi connectivity index (χ0v) is 6.13. The number of aliphatic hydroxyl groups excluding tert-OH is 1. The molecule has 1 heterocycles. The first-order valence-corrected chi connectivity index (χ1v) is 3.11. The van der Waals surface area contributed by atoms with E-state index in [1.54, 1.807) is 11.3 Å². The molecule has 58 valence electrons. The summed E-state index contributed by atoms with van der Waals surface area (Å²) in [6.45, 7) is 3.88. The van der Waals surface area contributed by atoms with Gasteiger partial charge in [0.1, 0.15) is 6.34 Å². The number of hydrogen-bond donors (Lipinski definition) is 3. The van der Waals surface area contributed by atoms with E-state index in [9.17, 15) is 0 Å². The van der Waals surface area contributed by atoms with Crippen molar-refractivity contribution in [3.8, 4) is 0 Å². The second-order valence-electron chi connectivity index (χ2n) is 2.81. The third-order valence-corrected chi connectivity index (χ3v) is 1.45. The van der Waals surface area contributed by atoms with Crippen LogP contribution in [0.5, 0.6) is 0 Å². The van der Waals surface area contributed by atoms with Crippen molar-refractivity contribution in [3.05, 3.63) is 0 Å². The largest absolute Gasteiger partial charge is 0.394 e. The zero-order chi connectivity index (χ0) is 7.61. The minimum absolute atomic E-state index is 0.0771. The van der Waals surface area contributed by atoms with Gasteiger partial charge >= 0.3 is 0 Å². The van der Waals surface area contributed by atoms with Gasteiger partial charge in [0.25, 0.3) is 0 Å². The van der Waals surface area contributed by atoms with Crippen molar-refractivity contribution >= 4 is 6.34 Å². The summed E-state index contributed by atoms with van der Waals surface area (Å²) in [6, 6.07) is 0. The molecule has 0 spiro atoms. The van der Waals surface area contributed by atoms with E-state index < -0.39 is 0 Å². The molecule has 5 heteroatoms. The average molecular weight is 144 g/mol. The van der Waals surface area contributed by atoms with E-state index in [0.29, 0.717) is 0 Å². The van der Waals surface area contributed by atoms with E-state index in [0.717, 1.165) is 0 Å². The lowest BCUT2D eigenvalue weighted by atomic mass is 10.1. The Labute approximate surface area is 59.7 Å². The van der Waals surface area contributed by atoms with Crippen LogP contribution in [0.4, 0.5) is 0 Å². The summed E-state index contributed by atoms with van der Waals surface area (Å²) in [5.74, 6) is 0. The highest BCUT2D eigenvalue weighted by atomic mass is 16.3. The van der Waals surface area contributed by atoms with Gasteiger partial charge in [-0.25, -0.2) is 5.53 Å². The molecule has 0 aromatic carbocycles. The standard InChI is InChI=1S/C5H12N4O/c1-5(2,3-10)9-4-6-7-8-9/h4,7-8,10H,3H2,1-2H3. The van der Waals surface area contributed by atoms with Crippen LogP contribution in [0.2, 0.25) is 0 Å². The van der Waals surface area contributed by atoms with Crippen molar-refractivity contribution in [3.63, 3.8) is 0 Å². The molecular formula is C5H12N4O. The van der Waals surface area contributed by atoms with Crippen molar-refractivity contribution < 1.29 is 5.11 Å². The molecule has 0 bridgehead atoms. The third kappa shape index (κ3) is 1.19. The Morgan fingerprint density at radius 2 is 2.40 bits per heavy atom. The SMILES string of the molecule is CC(C)(CO)N1C=NNN1. The van der Waals surface area contributed by atoms with Crippen molar-refractivity contribution in [1.29, 1.82) is 0 Å². The Hall–Kier alpha value is -0.810. The van der Waals surface area contributed by atoms with Crippen LogP contribution in [-0.2, 0) is 0 Å². The Morgan fingerprint density at radius 1 is 1.70 bits per heavy atom. The van der Waals surface area contributed by atoms with Crippen molar-refractivity contribution in [2.24, 2.45) is 5.10 Å². The van der Waals surface area contributed by atoms with Gasteiger partial charge in [-0.05, 0) is 13.8 Å². The summed E-state index contributed by atoms with van der Waals surface area (Å²) >= 11 is 0. The molecule has 0 fully saturated rings. The summed E-state index contributed by atoms with van der Waals surface area (Å²) in [4.78, 5) is 0. The molecule has 1 aliphatic heterocycles. The fourth-order valence-corrected chi connectivity index (χ4v) is 0.582. The molecule has 3 N–H and O–H groups in total. The molecule has 0 atom stereocenters. The average Bonchev–Trinajstić information content (AvgIpc) is 2.38. The lowest BCUT2D eigenvalue weighted by molar-refractivity contribution is 0.0787. The fraction of sp³-hybridized carbons (Fsp3) is 0.800. The molecule has 0 aromatic rings. The maximum atomic E-state index is 8.88. The first kappa shape index (κ1) is 7.30. The molecule has 10 heavy (non-hydrogen) atoms. The molecule has 0 unspecified atom stereocenters. The van der Waals surface area contributed by atoms with Crippen LogP contribution < -0.4 is 11.1 Å². The Morgan fingerprint density at radius 3 is 2.80 bits per heavy atom. The van der Waals surface area contributed by atoms with Gasteiger partial charge in [0, 0.05) is 0 Å². The Kier molecular flexibility index (Phi) is 1.78. The second kappa shape index (κ2) is 2.43. The maximum Gasteiger partial charge on any atom is 0.129 e. The number of aliphatic hydroxyl groups is 1. The summed E-state index contributed by atoms with van der Waals surface area (Å²) in [5.41, 5.74) is 4.98. The van der Waals surface area contributed by atoms with Gasteiger partial charge < -0.3 is 5.11 Å². The molecule has 0 aliphatic carbocycles. The molecular weight excluding hydrogens is 132 g/mol. The van der Waals surface area contributed by atoms with Gasteiger partial charge in [-0.3, -0.25) is 5.01 Å². The van der Waals surface area contributed by atoms with Gasteiger partial charge in [0.05, 0.1) is 12.1 Å². The summed E-state index contributed by atoms with van der Waals surface area (Å²) in [7, 11) is 0. The van der Waals surface area contributed by atoms with Crippen LogP contribution in [0, 0.1) is 0 Å². The topological polar surface area (TPSA) is 59.9 Å². The van der Waals surface area contributed by atoms with Crippen molar-refractivity contribution in [2.75, 3.05) is 6.61 Å². The predicted molar refractivity (Wildman–Crippen MR) is 37.8 cm³/mol. The minimum Gasteiger partial charge on any atom is -0.394 e. The number of rotatable bonds is 2. The highest BCUT2D eigenvalue weighted by Gasteiger charge is 2.25. The molecule has 0 aromatic heterocycles. The molecule has 0 radical (unpaired) electrons. The van der Waals surface area contributed by atoms with Crippen molar-refractivity contribution in [2.45, 2.75) is 19.4 Å². The molecule has 0 amide bonds. The summed E-state index contributed by atoms with van der Waals surface area (Å²) < 4.78 is 0. The molecule has 5 nitrogen and oxygen atoms in total. The van der Waals surface area contributed by atoms with Crippen LogP contribution in [-0.4, -0.2) is 28.6 Å². The van der Waals surface area contributed by atoms with Crippen LogP contribution in [0.1, 0.15) is 13.8 Å². The summed E-state index contributed by atoms with van der Waals surface area (Å²) in [5, 5.41) is 14.3. The highest BCUT2D eigenvalue weighted by Crippen LogP contribution is 2.08. The van der Waals surface area contributed by atoms with E-state index in [4.69, 9.17) is 5.11 Å². The lowest BCUT2D eigenvalue weighted by Gasteiger charge is -2.31. The summed E-state index contributed by atoms with van der Waals surface area (Å²) in [6.07, 6.45) is 1.59. The van der Waals surface area contributed by atoms with Crippen LogP contribution >= 0.6 is 0 Å². The van der Waals surface area contributed by atoms with E-state index in [-0.39, 0.29) is 12.1 Å². The number of nitrogens with zero attached hydrogens (tertiary/aromatic N) is 2. The Balaban J connectivity index is 2.54. The normalized spacial score (nSPS) is 17.7. The molecule has 0 saturated heterocycles. The number of hydrazone groups is 1. The zero-order valence-electron chi connectivity index (χ0n) is 6.13. The van der Waals surface area contributed by atoms with E-state index in [2.05, 4.69) is 16.2 Å². The quantitative estimate of drug-likeness (QED) is 0.466. The second-order valence-corrected chi connectivity index (χ2v) is 2.81. The van der Waals surface area contributed by atoms with Gasteiger partial charge in [-0.15, -0.1) is 5.53 Å². The first-order valence-electron chi connectivity index (χ1n) is 3.11. The number of hydrazine groups is 2. The van der Waals surface area contributed by atoms with E-state index >= 15 is 0 Å². The van der Waals surface area contributed by atoms with Gasteiger partial charge in [0.15, 0.2) is 0 Å². The van der Waals surface area contributed by atoms with E-state index in [1.165, 1.54) is 0 Å². The highest BCUT2D eigenvalue weighted by molar-refractivity contribution is 5.56.